The van der Waals surface area contributed by atoms with Gasteiger partial charge in [0.2, 0.25) is 0 Å². The van der Waals surface area contributed by atoms with Crippen LogP contribution in [-0.4, -0.2) is 17.1 Å². The van der Waals surface area contributed by atoms with E-state index in [-0.39, 0.29) is 0 Å². The Kier molecular flexibility index (Phi) is 8.21. The Labute approximate surface area is 149 Å². The van der Waals surface area contributed by atoms with Crippen LogP contribution in [0.4, 0.5) is 5.69 Å². The summed E-state index contributed by atoms with van der Waals surface area (Å²) in [5.41, 5.74) is 1.31. The predicted molar refractivity (Wildman–Crippen MR) is 106 cm³/mol. The molecule has 0 aliphatic carbocycles. The summed E-state index contributed by atoms with van der Waals surface area (Å²) in [6.45, 7) is 6.87. The lowest BCUT2D eigenvalue weighted by molar-refractivity contribution is 0.233. The largest absolute Gasteiger partial charge is 0.353 e. The highest BCUT2D eigenvalue weighted by atomic mass is 15.4. The quantitative estimate of drug-likeness (QED) is 0.425. The molecular formula is C22H36N2. The number of hydrogen-bond acceptors (Lipinski definition) is 2. The van der Waals surface area contributed by atoms with Crippen molar-refractivity contribution in [2.75, 3.05) is 4.90 Å². The Bertz CT molecular complexity index is 466. The van der Waals surface area contributed by atoms with E-state index in [2.05, 4.69) is 73.3 Å². The third kappa shape index (κ3) is 5.58. The van der Waals surface area contributed by atoms with Crippen molar-refractivity contribution in [2.45, 2.75) is 90.8 Å². The molecule has 1 aliphatic heterocycles. The van der Waals surface area contributed by atoms with Crippen LogP contribution < -0.4 is 4.90 Å². The smallest absolute Gasteiger partial charge is 0.106 e. The summed E-state index contributed by atoms with van der Waals surface area (Å²) in [7, 11) is 0. The fourth-order valence-electron chi connectivity index (χ4n) is 3.61. The second-order valence-electron chi connectivity index (χ2n) is 7.33. The van der Waals surface area contributed by atoms with Gasteiger partial charge in [0.25, 0.3) is 0 Å². The van der Waals surface area contributed by atoms with Crippen LogP contribution in [0.2, 0.25) is 0 Å². The normalized spacial score (nSPS) is 17.2. The summed E-state index contributed by atoms with van der Waals surface area (Å²) in [4.78, 5) is 4.95. The summed E-state index contributed by atoms with van der Waals surface area (Å²) in [5, 5.41) is 0. The molecule has 1 atom stereocenters. The molecular weight excluding hydrogens is 292 g/mol. The van der Waals surface area contributed by atoms with Crippen LogP contribution in [-0.2, 0) is 0 Å². The molecule has 1 aromatic carbocycles. The fourth-order valence-corrected chi connectivity index (χ4v) is 3.61. The lowest BCUT2D eigenvalue weighted by Gasteiger charge is -2.35. The maximum absolute atomic E-state index is 2.51. The predicted octanol–water partition coefficient (Wildman–Crippen LogP) is 6.55. The second-order valence-corrected chi connectivity index (χ2v) is 7.33. The van der Waals surface area contributed by atoms with E-state index in [0.717, 1.165) is 0 Å². The van der Waals surface area contributed by atoms with Crippen molar-refractivity contribution in [2.24, 2.45) is 0 Å². The molecule has 0 aromatic heterocycles. The van der Waals surface area contributed by atoms with Crippen molar-refractivity contribution in [1.29, 1.82) is 0 Å². The van der Waals surface area contributed by atoms with Crippen LogP contribution >= 0.6 is 0 Å². The maximum atomic E-state index is 2.51. The summed E-state index contributed by atoms with van der Waals surface area (Å²) < 4.78 is 0. The molecule has 0 radical (unpaired) electrons. The van der Waals surface area contributed by atoms with Crippen molar-refractivity contribution in [3.05, 3.63) is 42.7 Å². The minimum Gasteiger partial charge on any atom is -0.353 e. The molecule has 2 heteroatoms. The van der Waals surface area contributed by atoms with Crippen LogP contribution in [0.25, 0.3) is 0 Å². The van der Waals surface area contributed by atoms with Crippen molar-refractivity contribution >= 4 is 5.69 Å². The Morgan fingerprint density at radius 3 is 2.08 bits per heavy atom. The van der Waals surface area contributed by atoms with Crippen LogP contribution in [0.3, 0.4) is 0 Å². The average molecular weight is 329 g/mol. The van der Waals surface area contributed by atoms with Gasteiger partial charge in [0.1, 0.15) is 6.17 Å². The molecule has 0 saturated carbocycles. The minimum absolute atomic E-state index is 0.479. The van der Waals surface area contributed by atoms with Crippen LogP contribution in [0.5, 0.6) is 0 Å². The maximum Gasteiger partial charge on any atom is 0.106 e. The second kappa shape index (κ2) is 10.4. The van der Waals surface area contributed by atoms with Gasteiger partial charge in [-0.25, -0.2) is 0 Å². The van der Waals surface area contributed by atoms with E-state index < -0.39 is 0 Å². The van der Waals surface area contributed by atoms with Crippen LogP contribution in [0.15, 0.2) is 42.7 Å². The molecule has 1 aromatic rings. The number of para-hydroxylation sites is 1. The highest BCUT2D eigenvalue weighted by molar-refractivity contribution is 5.51. The van der Waals surface area contributed by atoms with E-state index in [9.17, 15) is 0 Å². The first-order valence-corrected chi connectivity index (χ1v) is 10.0. The van der Waals surface area contributed by atoms with E-state index in [1.165, 1.54) is 63.5 Å². The third-order valence-electron chi connectivity index (χ3n) is 5.03. The Morgan fingerprint density at radius 1 is 0.833 bits per heavy atom. The topological polar surface area (TPSA) is 6.48 Å². The first-order valence-electron chi connectivity index (χ1n) is 10.0. The van der Waals surface area contributed by atoms with Crippen molar-refractivity contribution in [3.8, 4) is 0 Å². The van der Waals surface area contributed by atoms with Gasteiger partial charge in [-0.15, -0.1) is 0 Å². The van der Waals surface area contributed by atoms with Gasteiger partial charge in [-0.2, -0.15) is 0 Å². The first-order chi connectivity index (χ1) is 11.7. The molecule has 2 rings (SSSR count). The van der Waals surface area contributed by atoms with Gasteiger partial charge in [-0.05, 0) is 38.8 Å². The summed E-state index contributed by atoms with van der Waals surface area (Å²) in [5.74, 6) is 0. The molecule has 0 saturated heterocycles. The number of unbranched alkanes of at least 4 members (excludes halogenated alkanes) is 7. The van der Waals surface area contributed by atoms with Crippen molar-refractivity contribution in [3.63, 3.8) is 0 Å². The van der Waals surface area contributed by atoms with E-state index in [1.807, 2.05) is 0 Å². The Hall–Kier alpha value is -1.44. The van der Waals surface area contributed by atoms with E-state index in [1.54, 1.807) is 0 Å². The molecule has 0 bridgehead atoms. The number of rotatable bonds is 11. The number of benzene rings is 1. The monoisotopic (exact) mass is 328 g/mol. The molecule has 1 unspecified atom stereocenters. The molecule has 1 heterocycles. The number of anilines is 1. The average Bonchev–Trinajstić information content (AvgIpc) is 3.02. The molecule has 0 spiro atoms. The zero-order chi connectivity index (χ0) is 17.2. The number of hydrogen-bond donors (Lipinski definition) is 0. The molecule has 2 nitrogen and oxygen atoms in total. The molecule has 134 valence electrons. The summed E-state index contributed by atoms with van der Waals surface area (Å²) in [6, 6.07) is 11.3. The molecule has 1 aliphatic rings. The molecule has 0 amide bonds. The highest BCUT2D eigenvalue weighted by Crippen LogP contribution is 2.29. The molecule has 24 heavy (non-hydrogen) atoms. The number of nitrogens with zero attached hydrogens (tertiary/aromatic N) is 2. The van der Waals surface area contributed by atoms with Gasteiger partial charge in [-0.3, -0.25) is 0 Å². The Balaban J connectivity index is 1.79. The van der Waals surface area contributed by atoms with E-state index in [4.69, 9.17) is 0 Å². The SMILES string of the molecule is CCCCCCCCCCC1N(c2ccccc2)C=CN1C(C)C. The van der Waals surface area contributed by atoms with Crippen LogP contribution in [0, 0.1) is 0 Å². The Morgan fingerprint density at radius 2 is 1.46 bits per heavy atom. The minimum atomic E-state index is 0.479. The highest BCUT2D eigenvalue weighted by Gasteiger charge is 2.28. The van der Waals surface area contributed by atoms with Crippen LogP contribution in [0.1, 0.15) is 78.6 Å². The summed E-state index contributed by atoms with van der Waals surface area (Å²) in [6.07, 6.45) is 17.4. The van der Waals surface area contributed by atoms with Crippen molar-refractivity contribution < 1.29 is 0 Å². The molecule has 0 fully saturated rings. The lowest BCUT2D eigenvalue weighted by Crippen LogP contribution is -2.42. The first kappa shape index (κ1) is 18.9. The van der Waals surface area contributed by atoms with Gasteiger partial charge in [0.15, 0.2) is 0 Å². The zero-order valence-electron chi connectivity index (χ0n) is 16.0. The van der Waals surface area contributed by atoms with Gasteiger partial charge < -0.3 is 9.80 Å². The van der Waals surface area contributed by atoms with E-state index >= 15 is 0 Å². The molecule has 0 N–H and O–H groups in total. The summed E-state index contributed by atoms with van der Waals surface area (Å²) >= 11 is 0. The lowest BCUT2D eigenvalue weighted by atomic mass is 10.1. The van der Waals surface area contributed by atoms with Gasteiger partial charge >= 0.3 is 0 Å². The van der Waals surface area contributed by atoms with Gasteiger partial charge in [0, 0.05) is 24.1 Å². The zero-order valence-corrected chi connectivity index (χ0v) is 16.0. The van der Waals surface area contributed by atoms with E-state index in [0.29, 0.717) is 12.2 Å². The van der Waals surface area contributed by atoms with Gasteiger partial charge in [-0.1, -0.05) is 70.1 Å². The fraction of sp³-hybridized carbons (Fsp3) is 0.636. The van der Waals surface area contributed by atoms with Crippen molar-refractivity contribution in [1.82, 2.24) is 4.90 Å². The standard InChI is InChI=1S/C22H36N2/c1-4-5-6-7-8-9-10-14-17-22-23(20(2)3)18-19-24(22)21-15-12-11-13-16-21/h11-13,15-16,18-20,22H,4-10,14,17H2,1-3H3. The third-order valence-corrected chi connectivity index (χ3v) is 5.03. The van der Waals surface area contributed by atoms with Gasteiger partial charge in [0.05, 0.1) is 0 Å².